The molecule has 1 saturated heterocycles. The number of hydroxylamine groups is 2. The first-order chi connectivity index (χ1) is 4.13. The second kappa shape index (κ2) is 2.00. The summed E-state index contributed by atoms with van der Waals surface area (Å²) in [4.78, 5) is 21.0. The molecule has 1 rings (SSSR count). The summed E-state index contributed by atoms with van der Waals surface area (Å²) < 4.78 is 0. The standard InChI is InChI=1S/C4H5NO3S/c1-2-3(6)5(8)4(7)9-2/h2,8H,1H3. The molecule has 1 heterocycles. The molecule has 1 atom stereocenters. The van der Waals surface area contributed by atoms with Crippen molar-refractivity contribution in [2.75, 3.05) is 0 Å². The van der Waals surface area contributed by atoms with E-state index in [1.165, 1.54) is 0 Å². The molecule has 9 heavy (non-hydrogen) atoms. The van der Waals surface area contributed by atoms with E-state index in [2.05, 4.69) is 0 Å². The average molecular weight is 147 g/mol. The molecule has 0 radical (unpaired) electrons. The van der Waals surface area contributed by atoms with Crippen LogP contribution in [0.3, 0.4) is 0 Å². The van der Waals surface area contributed by atoms with Gasteiger partial charge >= 0.3 is 5.24 Å². The fourth-order valence-electron chi connectivity index (χ4n) is 0.514. The first-order valence-electron chi connectivity index (χ1n) is 2.36. The minimum Gasteiger partial charge on any atom is -0.278 e. The molecule has 1 unspecified atom stereocenters. The summed E-state index contributed by atoms with van der Waals surface area (Å²) in [5.74, 6) is -0.537. The van der Waals surface area contributed by atoms with Gasteiger partial charge in [-0.2, -0.15) is 0 Å². The quantitative estimate of drug-likeness (QED) is 0.506. The van der Waals surface area contributed by atoms with E-state index >= 15 is 0 Å². The van der Waals surface area contributed by atoms with Crippen molar-refractivity contribution in [3.63, 3.8) is 0 Å². The Morgan fingerprint density at radius 1 is 1.67 bits per heavy atom. The van der Waals surface area contributed by atoms with E-state index in [4.69, 9.17) is 5.21 Å². The minimum atomic E-state index is -0.590. The fraction of sp³-hybridized carbons (Fsp3) is 0.500. The number of thioether (sulfide) groups is 1. The van der Waals surface area contributed by atoms with Crippen molar-refractivity contribution in [3.8, 4) is 0 Å². The maximum Gasteiger partial charge on any atom is 0.313 e. The third-order valence-corrected chi connectivity index (χ3v) is 1.94. The van der Waals surface area contributed by atoms with Gasteiger partial charge in [-0.1, -0.05) is 0 Å². The fourth-order valence-corrected chi connectivity index (χ4v) is 1.21. The number of nitrogens with zero attached hydrogens (tertiary/aromatic N) is 1. The van der Waals surface area contributed by atoms with Crippen LogP contribution in [-0.4, -0.2) is 26.7 Å². The van der Waals surface area contributed by atoms with Crippen LogP contribution in [0.1, 0.15) is 6.92 Å². The van der Waals surface area contributed by atoms with E-state index in [9.17, 15) is 9.59 Å². The zero-order chi connectivity index (χ0) is 7.02. The van der Waals surface area contributed by atoms with E-state index in [1.807, 2.05) is 0 Å². The summed E-state index contributed by atoms with van der Waals surface area (Å²) in [6, 6.07) is 0. The van der Waals surface area contributed by atoms with Crippen LogP contribution < -0.4 is 0 Å². The lowest BCUT2D eigenvalue weighted by Gasteiger charge is -1.98. The number of rotatable bonds is 0. The van der Waals surface area contributed by atoms with E-state index in [0.717, 1.165) is 11.8 Å². The van der Waals surface area contributed by atoms with Crippen LogP contribution in [-0.2, 0) is 4.79 Å². The summed E-state index contributed by atoms with van der Waals surface area (Å²) >= 11 is 0.824. The van der Waals surface area contributed by atoms with Crippen molar-refractivity contribution < 1.29 is 14.8 Å². The van der Waals surface area contributed by atoms with Crippen LogP contribution in [0.4, 0.5) is 4.79 Å². The van der Waals surface area contributed by atoms with Gasteiger partial charge in [0.25, 0.3) is 5.91 Å². The van der Waals surface area contributed by atoms with Crippen LogP contribution >= 0.6 is 11.8 Å². The van der Waals surface area contributed by atoms with Gasteiger partial charge in [0.2, 0.25) is 0 Å². The van der Waals surface area contributed by atoms with Crippen molar-refractivity contribution in [1.29, 1.82) is 0 Å². The summed E-state index contributed by atoms with van der Waals surface area (Å²) in [5.41, 5.74) is 0. The third kappa shape index (κ3) is 0.927. The van der Waals surface area contributed by atoms with Crippen LogP contribution in [0.2, 0.25) is 0 Å². The van der Waals surface area contributed by atoms with Crippen LogP contribution in [0.15, 0.2) is 0 Å². The Labute approximate surface area is 55.8 Å². The molecule has 50 valence electrons. The lowest BCUT2D eigenvalue weighted by Crippen LogP contribution is -2.26. The molecule has 4 nitrogen and oxygen atoms in total. The summed E-state index contributed by atoms with van der Waals surface area (Å²) in [7, 11) is 0. The molecule has 1 aliphatic rings. The smallest absolute Gasteiger partial charge is 0.278 e. The summed E-state index contributed by atoms with van der Waals surface area (Å²) in [6.45, 7) is 1.57. The highest BCUT2D eigenvalue weighted by Gasteiger charge is 2.35. The molecule has 0 aromatic carbocycles. The normalized spacial score (nSPS) is 27.8. The van der Waals surface area contributed by atoms with Crippen LogP contribution in [0.25, 0.3) is 0 Å². The van der Waals surface area contributed by atoms with E-state index < -0.39 is 16.4 Å². The Hall–Kier alpha value is -0.550. The van der Waals surface area contributed by atoms with Gasteiger partial charge in [0.15, 0.2) is 0 Å². The highest BCUT2D eigenvalue weighted by atomic mass is 32.2. The molecular weight excluding hydrogens is 142 g/mol. The Balaban J connectivity index is 2.77. The number of imide groups is 1. The minimum absolute atomic E-state index is 0.148. The highest BCUT2D eigenvalue weighted by molar-refractivity contribution is 8.15. The van der Waals surface area contributed by atoms with Gasteiger partial charge in [-0.15, -0.1) is 5.06 Å². The number of carbonyl (C=O) groups is 2. The van der Waals surface area contributed by atoms with Gasteiger partial charge in [-0.05, 0) is 18.7 Å². The van der Waals surface area contributed by atoms with Crippen molar-refractivity contribution in [3.05, 3.63) is 0 Å². The molecule has 1 N–H and O–H groups in total. The Bertz CT molecular complexity index is 169. The van der Waals surface area contributed by atoms with Crippen LogP contribution in [0.5, 0.6) is 0 Å². The number of hydrogen-bond donors (Lipinski definition) is 1. The van der Waals surface area contributed by atoms with Crippen molar-refractivity contribution >= 4 is 22.9 Å². The maximum atomic E-state index is 10.5. The lowest BCUT2D eigenvalue weighted by atomic mass is 10.4. The van der Waals surface area contributed by atoms with Gasteiger partial charge in [-0.3, -0.25) is 14.8 Å². The molecule has 0 aromatic heterocycles. The van der Waals surface area contributed by atoms with Crippen LogP contribution in [0, 0.1) is 0 Å². The van der Waals surface area contributed by atoms with Gasteiger partial charge in [0.1, 0.15) is 0 Å². The van der Waals surface area contributed by atoms with Gasteiger partial charge < -0.3 is 0 Å². The monoisotopic (exact) mass is 147 g/mol. The average Bonchev–Trinajstić information content (AvgIpc) is 1.98. The molecule has 0 saturated carbocycles. The number of amides is 2. The number of hydrogen-bond acceptors (Lipinski definition) is 4. The summed E-state index contributed by atoms with van der Waals surface area (Å²) in [5, 5.41) is 7.68. The molecule has 1 aliphatic heterocycles. The predicted octanol–water partition coefficient (Wildman–Crippen LogP) is 0.460. The van der Waals surface area contributed by atoms with E-state index in [0.29, 0.717) is 0 Å². The third-order valence-electron chi connectivity index (χ3n) is 1.01. The lowest BCUT2D eigenvalue weighted by molar-refractivity contribution is -0.148. The molecule has 0 bridgehead atoms. The summed E-state index contributed by atoms with van der Waals surface area (Å²) in [6.07, 6.45) is 0. The molecule has 1 fully saturated rings. The Morgan fingerprint density at radius 2 is 2.22 bits per heavy atom. The topological polar surface area (TPSA) is 57.6 Å². The molecular formula is C4H5NO3S. The van der Waals surface area contributed by atoms with Gasteiger partial charge in [0.05, 0.1) is 5.25 Å². The molecule has 2 amide bonds. The van der Waals surface area contributed by atoms with Crippen molar-refractivity contribution in [1.82, 2.24) is 5.06 Å². The van der Waals surface area contributed by atoms with Gasteiger partial charge in [-0.25, -0.2) is 0 Å². The molecule has 0 aromatic rings. The second-order valence-electron chi connectivity index (χ2n) is 1.68. The highest BCUT2D eigenvalue weighted by Crippen LogP contribution is 2.23. The van der Waals surface area contributed by atoms with Crippen molar-refractivity contribution in [2.24, 2.45) is 0 Å². The van der Waals surface area contributed by atoms with Gasteiger partial charge in [0, 0.05) is 0 Å². The predicted molar refractivity (Wildman–Crippen MR) is 31.1 cm³/mol. The van der Waals surface area contributed by atoms with E-state index in [-0.39, 0.29) is 5.06 Å². The molecule has 5 heteroatoms. The first-order valence-corrected chi connectivity index (χ1v) is 3.24. The Morgan fingerprint density at radius 3 is 2.33 bits per heavy atom. The molecule has 0 spiro atoms. The SMILES string of the molecule is CC1SC(=O)N(O)C1=O. The first kappa shape index (κ1) is 6.57. The molecule has 0 aliphatic carbocycles. The Kier molecular flexibility index (Phi) is 1.46. The van der Waals surface area contributed by atoms with E-state index in [1.54, 1.807) is 6.92 Å². The number of carbonyl (C=O) groups excluding carboxylic acids is 2. The largest absolute Gasteiger partial charge is 0.313 e. The zero-order valence-corrected chi connectivity index (χ0v) is 5.51. The maximum absolute atomic E-state index is 10.5. The van der Waals surface area contributed by atoms with Crippen molar-refractivity contribution in [2.45, 2.75) is 12.2 Å². The second-order valence-corrected chi connectivity index (χ2v) is 2.97. The zero-order valence-electron chi connectivity index (χ0n) is 4.70.